The van der Waals surface area contributed by atoms with Gasteiger partial charge in [0.1, 0.15) is 16.5 Å². The van der Waals surface area contributed by atoms with Crippen molar-refractivity contribution in [1.82, 2.24) is 4.98 Å². The molecule has 2 aromatic carbocycles. The third-order valence-corrected chi connectivity index (χ3v) is 8.98. The number of hydrogen-bond acceptors (Lipinski definition) is 6. The van der Waals surface area contributed by atoms with Crippen molar-refractivity contribution in [3.63, 3.8) is 0 Å². The Hall–Kier alpha value is -2.41. The van der Waals surface area contributed by atoms with Gasteiger partial charge in [-0.05, 0) is 79.8 Å². The summed E-state index contributed by atoms with van der Waals surface area (Å²) in [6, 6.07) is 16.7. The zero-order valence-corrected chi connectivity index (χ0v) is 27.1. The van der Waals surface area contributed by atoms with E-state index in [4.69, 9.17) is 19.7 Å². The Bertz CT molecular complexity index is 983. The van der Waals surface area contributed by atoms with E-state index in [1.165, 1.54) is 77.0 Å². The van der Waals surface area contributed by atoms with E-state index in [0.29, 0.717) is 13.2 Å². The maximum Gasteiger partial charge on any atom is 0.123 e. The van der Waals surface area contributed by atoms with Gasteiger partial charge in [0.2, 0.25) is 0 Å². The van der Waals surface area contributed by atoms with Crippen LogP contribution in [0.2, 0.25) is 0 Å². The van der Waals surface area contributed by atoms with Crippen LogP contribution in [0.25, 0.3) is 21.0 Å². The normalized spacial score (nSPS) is 11.2. The van der Waals surface area contributed by atoms with E-state index in [0.717, 1.165) is 84.2 Å². The lowest BCUT2D eigenvalue weighted by molar-refractivity contribution is 0.282. The number of thiazole rings is 1. The van der Waals surface area contributed by atoms with Gasteiger partial charge in [-0.1, -0.05) is 89.9 Å². The van der Waals surface area contributed by atoms with Crippen LogP contribution in [0.4, 0.5) is 0 Å². The highest BCUT2D eigenvalue weighted by Crippen LogP contribution is 2.33. The molecule has 0 unspecified atom stereocenters. The summed E-state index contributed by atoms with van der Waals surface area (Å²) in [4.78, 5) is 5.84. The Morgan fingerprint density at radius 1 is 0.465 bits per heavy atom. The van der Waals surface area contributed by atoms with Crippen LogP contribution in [0.3, 0.4) is 0 Å². The summed E-state index contributed by atoms with van der Waals surface area (Å²) in [6.45, 7) is 2.20. The highest BCUT2D eigenvalue weighted by Gasteiger charge is 2.08. The molecule has 43 heavy (non-hydrogen) atoms. The molecule has 3 aromatic rings. The van der Waals surface area contributed by atoms with Gasteiger partial charge in [-0.2, -0.15) is 0 Å². The molecule has 0 aliphatic rings. The van der Waals surface area contributed by atoms with Crippen molar-refractivity contribution < 1.29 is 19.7 Å². The number of aromatic nitrogens is 1. The van der Waals surface area contributed by atoms with Crippen LogP contribution < -0.4 is 9.47 Å². The average molecular weight is 610 g/mol. The summed E-state index contributed by atoms with van der Waals surface area (Å²) in [7, 11) is 0. The molecule has 5 nitrogen and oxygen atoms in total. The van der Waals surface area contributed by atoms with Crippen LogP contribution in [0.15, 0.2) is 54.7 Å². The standard InChI is InChI=1S/C37H55NO4S/c39-27-15-11-7-3-1-5-9-13-17-29-41-34-23-19-32(20-24-34)36-31-38-37(43-36)33-21-25-35(26-22-33)42-30-18-14-10-6-2-4-8-12-16-28-40/h19-26,31,39-40H,1-18,27-30H2. The smallest absolute Gasteiger partial charge is 0.123 e. The van der Waals surface area contributed by atoms with Gasteiger partial charge in [0.25, 0.3) is 0 Å². The van der Waals surface area contributed by atoms with Crippen molar-refractivity contribution in [1.29, 1.82) is 0 Å². The number of benzene rings is 2. The van der Waals surface area contributed by atoms with Gasteiger partial charge < -0.3 is 19.7 Å². The lowest BCUT2D eigenvalue weighted by Crippen LogP contribution is -1.97. The molecule has 3 rings (SSSR count). The van der Waals surface area contributed by atoms with E-state index in [1.807, 2.05) is 6.20 Å². The number of hydrogen-bond donors (Lipinski definition) is 2. The number of nitrogens with zero attached hydrogens (tertiary/aromatic N) is 1. The molecule has 0 aliphatic carbocycles. The number of aliphatic hydroxyl groups is 2. The summed E-state index contributed by atoms with van der Waals surface area (Å²) in [5.41, 5.74) is 2.28. The Kier molecular flexibility index (Phi) is 18.8. The van der Waals surface area contributed by atoms with E-state index in [-0.39, 0.29) is 0 Å². The van der Waals surface area contributed by atoms with E-state index in [9.17, 15) is 0 Å². The summed E-state index contributed by atoms with van der Waals surface area (Å²) in [5.74, 6) is 1.85. The van der Waals surface area contributed by atoms with Gasteiger partial charge in [0, 0.05) is 25.0 Å². The van der Waals surface area contributed by atoms with Gasteiger partial charge in [-0.15, -0.1) is 11.3 Å². The van der Waals surface area contributed by atoms with E-state index < -0.39 is 0 Å². The molecule has 6 heteroatoms. The van der Waals surface area contributed by atoms with E-state index >= 15 is 0 Å². The second kappa shape index (κ2) is 23.0. The Morgan fingerprint density at radius 2 is 0.837 bits per heavy atom. The minimum atomic E-state index is 0.330. The molecule has 1 heterocycles. The summed E-state index contributed by atoms with van der Waals surface area (Å²) in [6.07, 6.45) is 23.7. The number of unbranched alkanes of at least 4 members (excludes halogenated alkanes) is 16. The summed E-state index contributed by atoms with van der Waals surface area (Å²) < 4.78 is 11.9. The van der Waals surface area contributed by atoms with Crippen molar-refractivity contribution in [3.8, 4) is 32.5 Å². The Morgan fingerprint density at radius 3 is 1.26 bits per heavy atom. The lowest BCUT2D eigenvalue weighted by atomic mass is 10.1. The third-order valence-electron chi connectivity index (χ3n) is 7.89. The minimum absolute atomic E-state index is 0.330. The zero-order chi connectivity index (χ0) is 30.2. The Balaban J connectivity index is 1.27. The number of rotatable bonds is 26. The first-order chi connectivity index (χ1) is 21.3. The van der Waals surface area contributed by atoms with Crippen molar-refractivity contribution in [3.05, 3.63) is 54.7 Å². The number of ether oxygens (including phenoxy) is 2. The molecule has 0 bridgehead atoms. The molecule has 0 atom stereocenters. The predicted molar refractivity (Wildman–Crippen MR) is 181 cm³/mol. The quantitative estimate of drug-likeness (QED) is 0.0886. The van der Waals surface area contributed by atoms with Crippen LogP contribution in [0.1, 0.15) is 116 Å². The molecule has 2 N–H and O–H groups in total. The first-order valence-corrected chi connectivity index (χ1v) is 17.8. The van der Waals surface area contributed by atoms with Crippen LogP contribution >= 0.6 is 11.3 Å². The summed E-state index contributed by atoms with van der Waals surface area (Å²) in [5, 5.41) is 18.7. The second-order valence-electron chi connectivity index (χ2n) is 11.6. The lowest BCUT2D eigenvalue weighted by Gasteiger charge is -2.07. The van der Waals surface area contributed by atoms with Gasteiger partial charge in [0.05, 0.1) is 18.1 Å². The average Bonchev–Trinajstić information content (AvgIpc) is 3.53. The largest absolute Gasteiger partial charge is 0.494 e. The fourth-order valence-corrected chi connectivity index (χ4v) is 6.16. The maximum atomic E-state index is 8.82. The molecule has 0 aliphatic heterocycles. The van der Waals surface area contributed by atoms with Gasteiger partial charge in [-0.3, -0.25) is 0 Å². The first kappa shape index (κ1) is 35.1. The molecule has 0 radical (unpaired) electrons. The Labute approximate surface area is 264 Å². The molecule has 0 saturated heterocycles. The molecule has 1 aromatic heterocycles. The molecule has 0 amide bonds. The van der Waals surface area contributed by atoms with Crippen LogP contribution in [0, 0.1) is 0 Å². The second-order valence-corrected chi connectivity index (χ2v) is 12.6. The molecule has 0 fully saturated rings. The monoisotopic (exact) mass is 609 g/mol. The predicted octanol–water partition coefficient (Wildman–Crippen LogP) is 10.2. The van der Waals surface area contributed by atoms with Crippen LogP contribution in [-0.2, 0) is 0 Å². The van der Waals surface area contributed by atoms with Gasteiger partial charge >= 0.3 is 0 Å². The van der Waals surface area contributed by atoms with Gasteiger partial charge in [-0.25, -0.2) is 4.98 Å². The molecular formula is C37H55NO4S. The van der Waals surface area contributed by atoms with E-state index in [2.05, 4.69) is 53.5 Å². The number of aliphatic hydroxyl groups excluding tert-OH is 2. The third kappa shape index (κ3) is 15.2. The summed E-state index contributed by atoms with van der Waals surface area (Å²) >= 11 is 1.71. The van der Waals surface area contributed by atoms with Crippen molar-refractivity contribution in [2.45, 2.75) is 116 Å². The van der Waals surface area contributed by atoms with Gasteiger partial charge in [0.15, 0.2) is 0 Å². The van der Waals surface area contributed by atoms with Crippen molar-refractivity contribution in [2.24, 2.45) is 0 Å². The van der Waals surface area contributed by atoms with E-state index in [1.54, 1.807) is 11.3 Å². The SMILES string of the molecule is OCCCCCCCCCCCOc1ccc(-c2cnc(-c3ccc(OCCCCCCCCCCCO)cc3)s2)cc1. The topological polar surface area (TPSA) is 71.8 Å². The highest BCUT2D eigenvalue weighted by molar-refractivity contribution is 7.18. The molecule has 0 saturated carbocycles. The van der Waals surface area contributed by atoms with Crippen molar-refractivity contribution >= 4 is 11.3 Å². The maximum absolute atomic E-state index is 8.82. The highest BCUT2D eigenvalue weighted by atomic mass is 32.1. The first-order valence-electron chi connectivity index (χ1n) is 16.9. The minimum Gasteiger partial charge on any atom is -0.494 e. The zero-order valence-electron chi connectivity index (χ0n) is 26.3. The fraction of sp³-hybridized carbons (Fsp3) is 0.595. The fourth-order valence-electron chi connectivity index (χ4n) is 5.23. The van der Waals surface area contributed by atoms with Crippen LogP contribution in [0.5, 0.6) is 11.5 Å². The van der Waals surface area contributed by atoms with Crippen LogP contribution in [-0.4, -0.2) is 41.6 Å². The van der Waals surface area contributed by atoms with Crippen molar-refractivity contribution in [2.75, 3.05) is 26.4 Å². The molecule has 238 valence electrons. The molecular weight excluding hydrogens is 554 g/mol. The molecule has 0 spiro atoms.